The Hall–Kier alpha value is -1.88. The summed E-state index contributed by atoms with van der Waals surface area (Å²) in [5.41, 5.74) is 1.96. The lowest BCUT2D eigenvalue weighted by atomic mass is 10.0. The van der Waals surface area contributed by atoms with Crippen molar-refractivity contribution in [2.45, 2.75) is 58.4 Å². The van der Waals surface area contributed by atoms with E-state index in [2.05, 4.69) is 6.92 Å². The van der Waals surface area contributed by atoms with Crippen LogP contribution >= 0.6 is 11.3 Å². The first-order chi connectivity index (χ1) is 12.1. The van der Waals surface area contributed by atoms with Gasteiger partial charge in [0.1, 0.15) is 10.8 Å². The minimum Gasteiger partial charge on any atom is -0.465 e. The van der Waals surface area contributed by atoms with Crippen molar-refractivity contribution >= 4 is 22.4 Å². The molecule has 1 heterocycles. The molecule has 2 aromatic rings. The van der Waals surface area contributed by atoms with E-state index in [9.17, 15) is 14.3 Å². The van der Waals surface area contributed by atoms with Crippen LogP contribution in [0.15, 0.2) is 35.7 Å². The van der Waals surface area contributed by atoms with Crippen molar-refractivity contribution in [3.05, 3.63) is 52.7 Å². The zero-order chi connectivity index (χ0) is 18.2. The van der Waals surface area contributed by atoms with Crippen LogP contribution in [-0.2, 0) is 6.42 Å². The molecular weight excluding hydrogens is 337 g/mol. The standard InChI is InChI=1S/C20H26FNO2S/c1-3-5-6-7-18(4-2)22(20(23)24)19-16(12-13-25-19)14-15-8-10-17(21)11-9-15/h8-13,18H,3-7,14H2,1-2H3,(H,23,24). The molecule has 0 aliphatic heterocycles. The second-order valence-electron chi connectivity index (χ2n) is 6.26. The van der Waals surface area contributed by atoms with Gasteiger partial charge in [-0.05, 0) is 47.5 Å². The SMILES string of the molecule is CCCCCC(CC)N(C(=O)O)c1sccc1Cc1ccc(F)cc1. The molecule has 1 unspecified atom stereocenters. The lowest BCUT2D eigenvalue weighted by Crippen LogP contribution is -2.39. The Morgan fingerprint density at radius 2 is 1.92 bits per heavy atom. The highest BCUT2D eigenvalue weighted by atomic mass is 32.1. The summed E-state index contributed by atoms with van der Waals surface area (Å²) in [6.07, 6.45) is 4.67. The summed E-state index contributed by atoms with van der Waals surface area (Å²) in [7, 11) is 0. The molecule has 3 nitrogen and oxygen atoms in total. The number of hydrogen-bond donors (Lipinski definition) is 1. The van der Waals surface area contributed by atoms with Crippen molar-refractivity contribution in [1.82, 2.24) is 0 Å². The van der Waals surface area contributed by atoms with E-state index in [4.69, 9.17) is 0 Å². The van der Waals surface area contributed by atoms with Crippen LogP contribution in [0.5, 0.6) is 0 Å². The molecule has 0 aliphatic carbocycles. The largest absolute Gasteiger partial charge is 0.465 e. The highest BCUT2D eigenvalue weighted by Gasteiger charge is 2.26. The molecule has 0 aliphatic rings. The number of amides is 1. The van der Waals surface area contributed by atoms with Crippen LogP contribution in [0, 0.1) is 5.82 Å². The number of halogens is 1. The molecule has 1 N–H and O–H groups in total. The van der Waals surface area contributed by atoms with E-state index in [1.807, 2.05) is 18.4 Å². The normalized spacial score (nSPS) is 12.1. The van der Waals surface area contributed by atoms with Crippen molar-refractivity contribution < 1.29 is 14.3 Å². The maximum atomic E-state index is 13.1. The average Bonchev–Trinajstić information content (AvgIpc) is 3.03. The minimum absolute atomic E-state index is 0.00494. The molecule has 25 heavy (non-hydrogen) atoms. The summed E-state index contributed by atoms with van der Waals surface area (Å²) in [5.74, 6) is -0.261. The zero-order valence-electron chi connectivity index (χ0n) is 14.9. The van der Waals surface area contributed by atoms with Crippen molar-refractivity contribution in [2.75, 3.05) is 4.90 Å². The quantitative estimate of drug-likeness (QED) is 0.529. The van der Waals surface area contributed by atoms with Gasteiger partial charge in [0.05, 0.1) is 0 Å². The number of benzene rings is 1. The summed E-state index contributed by atoms with van der Waals surface area (Å²) in [5, 5.41) is 12.5. The number of rotatable bonds is 9. The molecule has 136 valence electrons. The zero-order valence-corrected chi connectivity index (χ0v) is 15.7. The van der Waals surface area contributed by atoms with E-state index in [-0.39, 0.29) is 11.9 Å². The van der Waals surface area contributed by atoms with Gasteiger partial charge in [-0.15, -0.1) is 11.3 Å². The van der Waals surface area contributed by atoms with Crippen molar-refractivity contribution in [3.8, 4) is 0 Å². The minimum atomic E-state index is -0.897. The van der Waals surface area contributed by atoms with E-state index in [0.29, 0.717) is 6.42 Å². The fraction of sp³-hybridized carbons (Fsp3) is 0.450. The van der Waals surface area contributed by atoms with Crippen LogP contribution in [0.3, 0.4) is 0 Å². The van der Waals surface area contributed by atoms with Gasteiger partial charge >= 0.3 is 6.09 Å². The number of carboxylic acid groups (broad SMARTS) is 1. The summed E-state index contributed by atoms with van der Waals surface area (Å²) in [6.45, 7) is 4.19. The van der Waals surface area contributed by atoms with Gasteiger partial charge in [-0.1, -0.05) is 45.2 Å². The Morgan fingerprint density at radius 3 is 2.52 bits per heavy atom. The van der Waals surface area contributed by atoms with Crippen molar-refractivity contribution in [2.24, 2.45) is 0 Å². The number of unbranched alkanes of at least 4 members (excludes halogenated alkanes) is 2. The molecule has 1 aromatic carbocycles. The van der Waals surface area contributed by atoms with E-state index in [1.54, 1.807) is 17.0 Å². The molecule has 1 amide bonds. The molecular formula is C20H26FNO2S. The van der Waals surface area contributed by atoms with Crippen LogP contribution in [0.25, 0.3) is 0 Å². The third-order valence-electron chi connectivity index (χ3n) is 4.43. The number of anilines is 1. The topological polar surface area (TPSA) is 40.5 Å². The van der Waals surface area contributed by atoms with E-state index >= 15 is 0 Å². The monoisotopic (exact) mass is 363 g/mol. The average molecular weight is 363 g/mol. The van der Waals surface area contributed by atoms with Crippen LogP contribution in [0.4, 0.5) is 14.2 Å². The van der Waals surface area contributed by atoms with E-state index in [0.717, 1.165) is 48.2 Å². The Bertz CT molecular complexity index is 669. The Morgan fingerprint density at radius 1 is 1.20 bits per heavy atom. The van der Waals surface area contributed by atoms with Gasteiger partial charge in [0.25, 0.3) is 0 Å². The first-order valence-electron chi connectivity index (χ1n) is 8.89. The molecule has 0 bridgehead atoms. The predicted octanol–water partition coefficient (Wildman–Crippen LogP) is 6.32. The number of carbonyl (C=O) groups is 1. The van der Waals surface area contributed by atoms with E-state index < -0.39 is 6.09 Å². The highest BCUT2D eigenvalue weighted by Crippen LogP contribution is 2.33. The second kappa shape index (κ2) is 9.56. The summed E-state index contributed by atoms with van der Waals surface area (Å²) < 4.78 is 13.1. The van der Waals surface area contributed by atoms with Crippen LogP contribution < -0.4 is 4.90 Å². The summed E-state index contributed by atoms with van der Waals surface area (Å²) >= 11 is 1.46. The molecule has 2 rings (SSSR count). The van der Waals surface area contributed by atoms with Crippen LogP contribution in [0.2, 0.25) is 0 Å². The van der Waals surface area contributed by atoms with Gasteiger partial charge in [0, 0.05) is 12.5 Å². The third kappa shape index (κ3) is 5.30. The van der Waals surface area contributed by atoms with Gasteiger partial charge in [-0.25, -0.2) is 9.18 Å². The summed E-state index contributed by atoms with van der Waals surface area (Å²) in [6, 6.07) is 8.35. The maximum Gasteiger partial charge on any atom is 0.412 e. The van der Waals surface area contributed by atoms with Gasteiger partial charge < -0.3 is 5.11 Å². The lowest BCUT2D eigenvalue weighted by Gasteiger charge is -2.28. The Kier molecular flexibility index (Phi) is 7.44. The Balaban J connectivity index is 2.22. The lowest BCUT2D eigenvalue weighted by molar-refractivity contribution is 0.198. The predicted molar refractivity (Wildman–Crippen MR) is 102 cm³/mol. The van der Waals surface area contributed by atoms with Crippen LogP contribution in [0.1, 0.15) is 57.1 Å². The molecule has 0 radical (unpaired) electrons. The van der Waals surface area contributed by atoms with Crippen molar-refractivity contribution in [1.29, 1.82) is 0 Å². The van der Waals surface area contributed by atoms with Gasteiger partial charge in [-0.3, -0.25) is 4.90 Å². The molecule has 0 fully saturated rings. The molecule has 5 heteroatoms. The highest BCUT2D eigenvalue weighted by molar-refractivity contribution is 7.14. The Labute approximate surface area is 153 Å². The third-order valence-corrected chi connectivity index (χ3v) is 5.39. The fourth-order valence-corrected chi connectivity index (χ4v) is 4.04. The smallest absolute Gasteiger partial charge is 0.412 e. The van der Waals surface area contributed by atoms with Gasteiger partial charge in [-0.2, -0.15) is 0 Å². The maximum absolute atomic E-state index is 13.1. The summed E-state index contributed by atoms with van der Waals surface area (Å²) in [4.78, 5) is 13.5. The number of hydrogen-bond acceptors (Lipinski definition) is 2. The molecule has 0 spiro atoms. The molecule has 1 aromatic heterocycles. The second-order valence-corrected chi connectivity index (χ2v) is 7.16. The molecule has 0 saturated heterocycles. The molecule has 1 atom stereocenters. The number of thiophene rings is 1. The molecule has 0 saturated carbocycles. The first-order valence-corrected chi connectivity index (χ1v) is 9.77. The van der Waals surface area contributed by atoms with Crippen molar-refractivity contribution in [3.63, 3.8) is 0 Å². The number of nitrogens with zero attached hydrogens (tertiary/aromatic N) is 1. The van der Waals surface area contributed by atoms with Crippen LogP contribution in [-0.4, -0.2) is 17.2 Å². The first kappa shape index (κ1) is 19.4. The van der Waals surface area contributed by atoms with E-state index in [1.165, 1.54) is 23.5 Å². The van der Waals surface area contributed by atoms with Gasteiger partial charge in [0.2, 0.25) is 0 Å². The van der Waals surface area contributed by atoms with Gasteiger partial charge in [0.15, 0.2) is 0 Å². The fourth-order valence-electron chi connectivity index (χ4n) is 3.05.